The van der Waals surface area contributed by atoms with Crippen molar-refractivity contribution in [1.82, 2.24) is 4.98 Å². The molecule has 2 heterocycles. The Morgan fingerprint density at radius 3 is 2.64 bits per heavy atom. The number of azide groups is 1. The Bertz CT molecular complexity index is 813. The smallest absolute Gasteiger partial charge is 0.134 e. The van der Waals surface area contributed by atoms with Crippen LogP contribution in [0.3, 0.4) is 0 Å². The number of benzene rings is 1. The minimum absolute atomic E-state index is 0.0107. The van der Waals surface area contributed by atoms with Crippen molar-refractivity contribution in [2.24, 2.45) is 5.11 Å². The molecule has 0 aliphatic carbocycles. The van der Waals surface area contributed by atoms with E-state index in [2.05, 4.69) is 25.2 Å². The number of piperidine rings is 1. The molecule has 1 aromatic carbocycles. The van der Waals surface area contributed by atoms with Gasteiger partial charge in [0.05, 0.1) is 17.1 Å². The van der Waals surface area contributed by atoms with Crippen LogP contribution in [0.25, 0.3) is 10.4 Å². The van der Waals surface area contributed by atoms with Crippen molar-refractivity contribution >= 4 is 34.3 Å². The van der Waals surface area contributed by atoms with Crippen LogP contribution in [0, 0.1) is 5.82 Å². The first-order valence-electron chi connectivity index (χ1n) is 8.04. The van der Waals surface area contributed by atoms with Gasteiger partial charge in [0, 0.05) is 36.0 Å². The van der Waals surface area contributed by atoms with Crippen molar-refractivity contribution < 1.29 is 4.39 Å². The molecule has 6 nitrogen and oxygen atoms in total. The van der Waals surface area contributed by atoms with Crippen molar-refractivity contribution in [2.75, 3.05) is 23.3 Å². The fourth-order valence-corrected chi connectivity index (χ4v) is 3.12. The summed E-state index contributed by atoms with van der Waals surface area (Å²) in [6.45, 7) is 1.75. The number of aromatic nitrogens is 1. The molecule has 0 radical (unpaired) electrons. The van der Waals surface area contributed by atoms with E-state index in [9.17, 15) is 4.39 Å². The maximum absolute atomic E-state index is 14.3. The van der Waals surface area contributed by atoms with E-state index >= 15 is 0 Å². The zero-order valence-corrected chi connectivity index (χ0v) is 14.3. The summed E-state index contributed by atoms with van der Waals surface area (Å²) in [6.07, 6.45) is 6.63. The molecule has 0 saturated carbocycles. The van der Waals surface area contributed by atoms with E-state index in [-0.39, 0.29) is 5.69 Å². The van der Waals surface area contributed by atoms with Crippen LogP contribution in [-0.2, 0) is 0 Å². The highest BCUT2D eigenvalue weighted by Crippen LogP contribution is 2.35. The molecule has 0 unspecified atom stereocenters. The minimum Gasteiger partial charge on any atom is -0.370 e. The molecule has 0 bridgehead atoms. The normalized spacial score (nSPS) is 13.9. The average Bonchev–Trinajstić information content (AvgIpc) is 2.65. The van der Waals surface area contributed by atoms with E-state index in [0.717, 1.165) is 37.2 Å². The number of anilines is 2. The Balaban J connectivity index is 1.97. The summed E-state index contributed by atoms with van der Waals surface area (Å²) in [4.78, 5) is 9.32. The maximum atomic E-state index is 14.3. The molecule has 1 aliphatic heterocycles. The number of nitrogens with zero attached hydrogens (tertiary/aromatic N) is 5. The Morgan fingerprint density at radius 1 is 1.24 bits per heavy atom. The predicted octanol–water partition coefficient (Wildman–Crippen LogP) is 4.94. The summed E-state index contributed by atoms with van der Waals surface area (Å²) >= 11 is 5.43. The molecule has 1 aliphatic rings. The summed E-state index contributed by atoms with van der Waals surface area (Å²) in [7, 11) is 0. The third-order valence-corrected chi connectivity index (χ3v) is 4.44. The van der Waals surface area contributed by atoms with Crippen LogP contribution in [0.15, 0.2) is 41.8 Å². The lowest BCUT2D eigenvalue weighted by Gasteiger charge is -2.31. The summed E-state index contributed by atoms with van der Waals surface area (Å²) < 4.78 is 14.3. The summed E-state index contributed by atoms with van der Waals surface area (Å²) in [5.41, 5.74) is 10.8. The van der Waals surface area contributed by atoms with Crippen LogP contribution in [-0.4, -0.2) is 23.1 Å². The lowest BCUT2D eigenvalue weighted by molar-refractivity contribution is 0.577. The number of hydrogen-bond donors (Lipinski definition) is 1. The molecule has 128 valence electrons. The van der Waals surface area contributed by atoms with Gasteiger partial charge in [-0.05, 0) is 49.1 Å². The highest BCUT2D eigenvalue weighted by Gasteiger charge is 2.18. The molecule has 1 N–H and O–H groups in total. The van der Waals surface area contributed by atoms with Crippen molar-refractivity contribution in [3.8, 4) is 0 Å². The van der Waals surface area contributed by atoms with Gasteiger partial charge in [0.15, 0.2) is 0 Å². The van der Waals surface area contributed by atoms with Crippen LogP contribution in [0.4, 0.5) is 21.5 Å². The second-order valence-electron chi connectivity index (χ2n) is 5.75. The van der Waals surface area contributed by atoms with Crippen molar-refractivity contribution in [2.45, 2.75) is 19.3 Å². The van der Waals surface area contributed by atoms with Gasteiger partial charge in [-0.3, -0.25) is 4.98 Å². The molecule has 0 amide bonds. The van der Waals surface area contributed by atoms with E-state index in [0.29, 0.717) is 10.7 Å². The summed E-state index contributed by atoms with van der Waals surface area (Å²) in [6, 6.07) is 6.50. The molecule has 0 spiro atoms. The van der Waals surface area contributed by atoms with Crippen molar-refractivity contribution in [3.63, 3.8) is 0 Å². The Labute approximate surface area is 150 Å². The highest BCUT2D eigenvalue weighted by molar-refractivity contribution is 7.81. The largest absolute Gasteiger partial charge is 0.370 e. The molecule has 2 aromatic rings. The molecule has 1 aromatic heterocycles. The summed E-state index contributed by atoms with van der Waals surface area (Å²) in [5, 5.41) is 6.57. The van der Waals surface area contributed by atoms with E-state index in [1.165, 1.54) is 12.5 Å². The van der Waals surface area contributed by atoms with Crippen LogP contribution >= 0.6 is 12.2 Å². The van der Waals surface area contributed by atoms with Crippen LogP contribution in [0.5, 0.6) is 0 Å². The van der Waals surface area contributed by atoms with Crippen LogP contribution in [0.1, 0.15) is 24.8 Å². The number of nitrogens with one attached hydrogen (secondary N) is 1. The van der Waals surface area contributed by atoms with E-state index < -0.39 is 5.82 Å². The first-order valence-corrected chi connectivity index (χ1v) is 8.45. The van der Waals surface area contributed by atoms with Crippen LogP contribution < -0.4 is 10.2 Å². The van der Waals surface area contributed by atoms with Gasteiger partial charge in [0.25, 0.3) is 0 Å². The molecule has 25 heavy (non-hydrogen) atoms. The van der Waals surface area contributed by atoms with Gasteiger partial charge >= 0.3 is 0 Å². The number of rotatable bonds is 4. The molecular weight excluding hydrogens is 339 g/mol. The van der Waals surface area contributed by atoms with Gasteiger partial charge in [0.2, 0.25) is 0 Å². The van der Waals surface area contributed by atoms with E-state index in [1.54, 1.807) is 30.6 Å². The fraction of sp³-hybridized carbons (Fsp3) is 0.294. The standard InChI is InChI=1S/C17H17FN6S/c18-13-10-15(21-17(25)12-4-6-20-7-5-12)16(11-14(13)22-23-19)24-8-2-1-3-9-24/h4-7,10-11H,1-3,8-9H2,(H,21,25). The first kappa shape index (κ1) is 17.1. The summed E-state index contributed by atoms with van der Waals surface area (Å²) in [5.74, 6) is -0.585. The Morgan fingerprint density at radius 2 is 1.96 bits per heavy atom. The molecule has 8 heteroatoms. The second kappa shape index (κ2) is 7.92. The number of pyridine rings is 1. The minimum atomic E-state index is -0.585. The molecule has 0 atom stereocenters. The lowest BCUT2D eigenvalue weighted by atomic mass is 10.1. The first-order chi connectivity index (χ1) is 12.2. The van der Waals surface area contributed by atoms with Gasteiger partial charge in [-0.15, -0.1) is 0 Å². The quantitative estimate of drug-likeness (QED) is 0.364. The van der Waals surface area contributed by atoms with Crippen molar-refractivity contribution in [1.29, 1.82) is 0 Å². The SMILES string of the molecule is [N-]=[N+]=Nc1cc(N2CCCCC2)c(NC(=S)c2ccncc2)cc1F. The van der Waals surface area contributed by atoms with E-state index in [1.807, 2.05) is 0 Å². The van der Waals surface area contributed by atoms with Gasteiger partial charge in [-0.1, -0.05) is 17.3 Å². The molecular formula is C17H17FN6S. The van der Waals surface area contributed by atoms with Gasteiger partial charge in [0.1, 0.15) is 10.8 Å². The van der Waals surface area contributed by atoms with Crippen LogP contribution in [0.2, 0.25) is 0 Å². The zero-order chi connectivity index (χ0) is 17.6. The monoisotopic (exact) mass is 356 g/mol. The average molecular weight is 356 g/mol. The molecule has 1 fully saturated rings. The fourth-order valence-electron chi connectivity index (χ4n) is 2.87. The van der Waals surface area contributed by atoms with E-state index in [4.69, 9.17) is 17.7 Å². The van der Waals surface area contributed by atoms with Gasteiger partial charge in [-0.2, -0.15) is 0 Å². The van der Waals surface area contributed by atoms with Gasteiger partial charge in [-0.25, -0.2) is 4.39 Å². The zero-order valence-electron chi connectivity index (χ0n) is 13.5. The molecule has 1 saturated heterocycles. The Hall–Kier alpha value is -2.70. The van der Waals surface area contributed by atoms with Gasteiger partial charge < -0.3 is 10.2 Å². The third-order valence-electron chi connectivity index (χ3n) is 4.11. The number of hydrogen-bond acceptors (Lipinski definition) is 4. The lowest BCUT2D eigenvalue weighted by Crippen LogP contribution is -2.30. The third kappa shape index (κ3) is 4.04. The topological polar surface area (TPSA) is 76.9 Å². The maximum Gasteiger partial charge on any atom is 0.134 e. The Kier molecular flexibility index (Phi) is 5.42. The number of thiocarbonyl (C=S) groups is 1. The predicted molar refractivity (Wildman–Crippen MR) is 101 cm³/mol. The van der Waals surface area contributed by atoms with Crippen molar-refractivity contribution in [3.05, 3.63) is 58.5 Å². The molecule has 3 rings (SSSR count). The highest BCUT2D eigenvalue weighted by atomic mass is 32.1. The second-order valence-corrected chi connectivity index (χ2v) is 6.16. The number of halogens is 1.